The van der Waals surface area contributed by atoms with Crippen LogP contribution in [0.15, 0.2) is 12.3 Å². The molecular weight excluding hydrogens is 174 g/mol. The third kappa shape index (κ3) is 1.73. The average Bonchev–Trinajstić information content (AvgIpc) is 2.70. The molecule has 14 heavy (non-hydrogen) atoms. The van der Waals surface area contributed by atoms with E-state index in [2.05, 4.69) is 16.0 Å². The van der Waals surface area contributed by atoms with Crippen LogP contribution in [-0.2, 0) is 6.54 Å². The maximum Gasteiger partial charge on any atom is 0.0445 e. The number of aryl methyl sites for hydroxylation is 1. The van der Waals surface area contributed by atoms with Gasteiger partial charge < -0.3 is 10.6 Å². The first-order chi connectivity index (χ1) is 6.81. The van der Waals surface area contributed by atoms with Crippen LogP contribution in [0.2, 0.25) is 0 Å². The molecule has 1 aliphatic heterocycles. The van der Waals surface area contributed by atoms with Gasteiger partial charge in [-0.25, -0.2) is 0 Å². The normalized spacial score (nSPS) is 16.3. The van der Waals surface area contributed by atoms with E-state index in [1.54, 1.807) is 0 Å². The molecule has 2 heterocycles. The van der Waals surface area contributed by atoms with Crippen LogP contribution < -0.4 is 10.6 Å². The molecule has 2 rings (SSSR count). The molecule has 0 unspecified atom stereocenters. The first-order valence-corrected chi connectivity index (χ1v) is 5.22. The number of aromatic nitrogens is 1. The van der Waals surface area contributed by atoms with Gasteiger partial charge in [-0.05, 0) is 25.8 Å². The van der Waals surface area contributed by atoms with Gasteiger partial charge in [0.1, 0.15) is 0 Å². The lowest BCUT2D eigenvalue weighted by molar-refractivity contribution is 0.926. The molecule has 3 heteroatoms. The summed E-state index contributed by atoms with van der Waals surface area (Å²) in [5.74, 6) is 0. The third-order valence-electron chi connectivity index (χ3n) is 2.77. The predicted octanol–water partition coefficient (Wildman–Crippen LogP) is 1.45. The standard InChI is InChI=1S/C11H17N3/c1-9-6-11(10(7-12)8-13-9)14-4-2-3-5-14/h6,8H,2-5,7,12H2,1H3. The Morgan fingerprint density at radius 2 is 2.14 bits per heavy atom. The molecule has 0 radical (unpaired) electrons. The summed E-state index contributed by atoms with van der Waals surface area (Å²) in [5.41, 5.74) is 9.23. The summed E-state index contributed by atoms with van der Waals surface area (Å²) in [6, 6.07) is 2.15. The highest BCUT2D eigenvalue weighted by Gasteiger charge is 2.15. The Kier molecular flexibility index (Phi) is 2.68. The predicted molar refractivity (Wildman–Crippen MR) is 58.3 cm³/mol. The Bertz CT molecular complexity index is 316. The van der Waals surface area contributed by atoms with Gasteiger partial charge in [-0.2, -0.15) is 0 Å². The van der Waals surface area contributed by atoms with E-state index < -0.39 is 0 Å². The summed E-state index contributed by atoms with van der Waals surface area (Å²) in [7, 11) is 0. The van der Waals surface area contributed by atoms with Crippen molar-refractivity contribution < 1.29 is 0 Å². The lowest BCUT2D eigenvalue weighted by atomic mass is 10.2. The second kappa shape index (κ2) is 3.96. The number of pyridine rings is 1. The second-order valence-corrected chi connectivity index (χ2v) is 3.85. The molecule has 3 nitrogen and oxygen atoms in total. The van der Waals surface area contributed by atoms with Gasteiger partial charge in [0.05, 0.1) is 0 Å². The van der Waals surface area contributed by atoms with Crippen molar-refractivity contribution in [2.24, 2.45) is 5.73 Å². The van der Waals surface area contributed by atoms with Crippen molar-refractivity contribution in [3.63, 3.8) is 0 Å². The fourth-order valence-corrected chi connectivity index (χ4v) is 1.98. The molecule has 1 saturated heterocycles. The van der Waals surface area contributed by atoms with Crippen LogP contribution in [0.4, 0.5) is 5.69 Å². The molecular formula is C11H17N3. The van der Waals surface area contributed by atoms with Gasteiger partial charge in [0, 0.05) is 42.8 Å². The number of hydrogen-bond donors (Lipinski definition) is 1. The zero-order valence-electron chi connectivity index (χ0n) is 8.66. The van der Waals surface area contributed by atoms with Crippen molar-refractivity contribution in [3.8, 4) is 0 Å². The molecule has 0 aromatic carbocycles. The molecule has 0 spiro atoms. The zero-order chi connectivity index (χ0) is 9.97. The highest BCUT2D eigenvalue weighted by molar-refractivity contribution is 5.54. The summed E-state index contributed by atoms with van der Waals surface area (Å²) in [6.45, 7) is 4.94. The van der Waals surface area contributed by atoms with Crippen LogP contribution in [0.25, 0.3) is 0 Å². The van der Waals surface area contributed by atoms with Gasteiger partial charge in [0.2, 0.25) is 0 Å². The quantitative estimate of drug-likeness (QED) is 0.769. The summed E-state index contributed by atoms with van der Waals surface area (Å²) >= 11 is 0. The summed E-state index contributed by atoms with van der Waals surface area (Å²) in [4.78, 5) is 6.69. The minimum absolute atomic E-state index is 0.582. The van der Waals surface area contributed by atoms with Crippen molar-refractivity contribution >= 4 is 5.69 Å². The van der Waals surface area contributed by atoms with Gasteiger partial charge in [0.25, 0.3) is 0 Å². The van der Waals surface area contributed by atoms with Crippen molar-refractivity contribution in [3.05, 3.63) is 23.5 Å². The minimum Gasteiger partial charge on any atom is -0.371 e. The summed E-state index contributed by atoms with van der Waals surface area (Å²) < 4.78 is 0. The van der Waals surface area contributed by atoms with Crippen LogP contribution >= 0.6 is 0 Å². The molecule has 0 aliphatic carbocycles. The first kappa shape index (κ1) is 9.46. The van der Waals surface area contributed by atoms with Gasteiger partial charge in [0.15, 0.2) is 0 Å². The Morgan fingerprint density at radius 1 is 1.43 bits per heavy atom. The number of nitrogens with two attached hydrogens (primary N) is 1. The second-order valence-electron chi connectivity index (χ2n) is 3.85. The summed E-state index contributed by atoms with van der Waals surface area (Å²) in [6.07, 6.45) is 4.50. The van der Waals surface area contributed by atoms with E-state index in [9.17, 15) is 0 Å². The molecule has 0 bridgehead atoms. The maximum atomic E-state index is 5.70. The number of hydrogen-bond acceptors (Lipinski definition) is 3. The molecule has 0 saturated carbocycles. The van der Waals surface area contributed by atoms with Crippen LogP contribution in [-0.4, -0.2) is 18.1 Å². The van der Waals surface area contributed by atoms with E-state index >= 15 is 0 Å². The molecule has 2 N–H and O–H groups in total. The SMILES string of the molecule is Cc1cc(N2CCCC2)c(CN)cn1. The highest BCUT2D eigenvalue weighted by Crippen LogP contribution is 2.24. The Balaban J connectivity index is 2.33. The van der Waals surface area contributed by atoms with Crippen LogP contribution in [0, 0.1) is 6.92 Å². The van der Waals surface area contributed by atoms with E-state index in [-0.39, 0.29) is 0 Å². The van der Waals surface area contributed by atoms with Gasteiger partial charge in [-0.15, -0.1) is 0 Å². The third-order valence-corrected chi connectivity index (χ3v) is 2.77. The highest BCUT2D eigenvalue weighted by atomic mass is 15.1. The fraction of sp³-hybridized carbons (Fsp3) is 0.545. The molecule has 1 fully saturated rings. The first-order valence-electron chi connectivity index (χ1n) is 5.22. The summed E-state index contributed by atoms with van der Waals surface area (Å²) in [5, 5.41) is 0. The van der Waals surface area contributed by atoms with Crippen LogP contribution in [0.5, 0.6) is 0 Å². The van der Waals surface area contributed by atoms with Gasteiger partial charge in [-0.1, -0.05) is 0 Å². The van der Waals surface area contributed by atoms with Crippen molar-refractivity contribution in [1.82, 2.24) is 4.98 Å². The monoisotopic (exact) mass is 191 g/mol. The zero-order valence-corrected chi connectivity index (χ0v) is 8.66. The Morgan fingerprint density at radius 3 is 2.79 bits per heavy atom. The molecule has 1 aromatic rings. The molecule has 1 aliphatic rings. The molecule has 76 valence electrons. The number of rotatable bonds is 2. The van der Waals surface area contributed by atoms with Crippen LogP contribution in [0.3, 0.4) is 0 Å². The van der Waals surface area contributed by atoms with Gasteiger partial charge in [-0.3, -0.25) is 4.98 Å². The van der Waals surface area contributed by atoms with Crippen molar-refractivity contribution in [2.45, 2.75) is 26.3 Å². The van der Waals surface area contributed by atoms with Gasteiger partial charge >= 0.3 is 0 Å². The van der Waals surface area contributed by atoms with E-state index in [4.69, 9.17) is 5.73 Å². The van der Waals surface area contributed by atoms with Crippen molar-refractivity contribution in [1.29, 1.82) is 0 Å². The Hall–Kier alpha value is -1.09. The number of nitrogens with zero attached hydrogens (tertiary/aromatic N) is 2. The maximum absolute atomic E-state index is 5.70. The smallest absolute Gasteiger partial charge is 0.0445 e. The van der Waals surface area contributed by atoms with Crippen LogP contribution in [0.1, 0.15) is 24.1 Å². The van der Waals surface area contributed by atoms with E-state index in [0.29, 0.717) is 6.54 Å². The number of anilines is 1. The van der Waals surface area contributed by atoms with Crippen molar-refractivity contribution in [2.75, 3.05) is 18.0 Å². The topological polar surface area (TPSA) is 42.1 Å². The minimum atomic E-state index is 0.582. The van der Waals surface area contributed by atoms with E-state index in [1.807, 2.05) is 13.1 Å². The van der Waals surface area contributed by atoms with E-state index in [0.717, 1.165) is 24.3 Å². The Labute approximate surface area is 84.9 Å². The lowest BCUT2D eigenvalue weighted by Crippen LogP contribution is -2.20. The average molecular weight is 191 g/mol. The van der Waals surface area contributed by atoms with E-state index in [1.165, 1.54) is 18.5 Å². The molecule has 0 atom stereocenters. The molecule has 0 amide bonds. The largest absolute Gasteiger partial charge is 0.371 e. The fourth-order valence-electron chi connectivity index (χ4n) is 1.98. The lowest BCUT2D eigenvalue weighted by Gasteiger charge is -2.20. The molecule has 1 aromatic heterocycles.